The zero-order valence-corrected chi connectivity index (χ0v) is 15.7. The SMILES string of the molecule is Cc1nc2nc(C)c3c(=O)n(Cc4ccc5c(c4)OCCCO5)ccc3n2n1. The fraction of sp³-hybridized carbons (Fsp3) is 0.300. The van der Waals surface area contributed by atoms with E-state index in [-0.39, 0.29) is 5.56 Å². The van der Waals surface area contributed by atoms with Gasteiger partial charge in [0.2, 0.25) is 0 Å². The molecule has 0 bridgehead atoms. The van der Waals surface area contributed by atoms with Crippen molar-refractivity contribution in [3.8, 4) is 11.5 Å². The van der Waals surface area contributed by atoms with Gasteiger partial charge >= 0.3 is 0 Å². The fourth-order valence-corrected chi connectivity index (χ4v) is 3.55. The molecule has 0 unspecified atom stereocenters. The van der Waals surface area contributed by atoms with Gasteiger partial charge in [-0.1, -0.05) is 6.07 Å². The normalized spacial score (nSPS) is 13.8. The van der Waals surface area contributed by atoms with E-state index in [1.807, 2.05) is 31.2 Å². The summed E-state index contributed by atoms with van der Waals surface area (Å²) in [6, 6.07) is 7.68. The summed E-state index contributed by atoms with van der Waals surface area (Å²) in [6.45, 7) is 5.34. The van der Waals surface area contributed by atoms with Crippen LogP contribution in [0.3, 0.4) is 0 Å². The van der Waals surface area contributed by atoms with Crippen LogP contribution in [0.2, 0.25) is 0 Å². The van der Waals surface area contributed by atoms with Gasteiger partial charge in [-0.25, -0.2) is 4.98 Å². The predicted molar refractivity (Wildman–Crippen MR) is 103 cm³/mol. The average molecular weight is 377 g/mol. The summed E-state index contributed by atoms with van der Waals surface area (Å²) in [4.78, 5) is 21.9. The van der Waals surface area contributed by atoms with Gasteiger partial charge in [-0.15, -0.1) is 5.10 Å². The third-order valence-corrected chi connectivity index (χ3v) is 4.86. The molecule has 142 valence electrons. The van der Waals surface area contributed by atoms with Crippen LogP contribution in [0.1, 0.15) is 23.5 Å². The van der Waals surface area contributed by atoms with Gasteiger partial charge < -0.3 is 14.0 Å². The number of benzene rings is 1. The fourth-order valence-electron chi connectivity index (χ4n) is 3.55. The summed E-state index contributed by atoms with van der Waals surface area (Å²) in [5.41, 5.74) is 2.22. The van der Waals surface area contributed by atoms with E-state index in [4.69, 9.17) is 9.47 Å². The highest BCUT2D eigenvalue weighted by Crippen LogP contribution is 2.30. The number of aromatic nitrogens is 5. The smallest absolute Gasteiger partial charge is 0.262 e. The lowest BCUT2D eigenvalue weighted by Crippen LogP contribution is -2.22. The number of ether oxygens (including phenoxy) is 2. The van der Waals surface area contributed by atoms with Crippen molar-refractivity contribution in [2.45, 2.75) is 26.8 Å². The molecule has 0 amide bonds. The highest BCUT2D eigenvalue weighted by Gasteiger charge is 2.15. The molecular weight excluding hydrogens is 358 g/mol. The van der Waals surface area contributed by atoms with E-state index in [1.54, 1.807) is 22.2 Å². The van der Waals surface area contributed by atoms with Gasteiger partial charge in [0.15, 0.2) is 11.5 Å². The molecule has 0 aliphatic carbocycles. The second-order valence-electron chi connectivity index (χ2n) is 6.91. The number of hydrogen-bond donors (Lipinski definition) is 0. The third kappa shape index (κ3) is 2.69. The first-order valence-corrected chi connectivity index (χ1v) is 9.22. The standard InChI is InChI=1S/C20H19N5O3/c1-12-18-15(25-20(21-12)22-13(2)23-25)6-7-24(19(18)26)11-14-4-5-16-17(10-14)28-9-3-8-27-16/h4-7,10H,3,8-9,11H2,1-2H3. The van der Waals surface area contributed by atoms with Crippen LogP contribution in [0, 0.1) is 13.8 Å². The average Bonchev–Trinajstić information content (AvgIpc) is 2.89. The molecule has 3 aromatic heterocycles. The number of rotatable bonds is 2. The Labute approximate surface area is 160 Å². The van der Waals surface area contributed by atoms with Gasteiger partial charge in [0.1, 0.15) is 5.82 Å². The molecule has 8 heteroatoms. The van der Waals surface area contributed by atoms with E-state index in [9.17, 15) is 4.79 Å². The van der Waals surface area contributed by atoms with Crippen LogP contribution in [0.15, 0.2) is 35.3 Å². The molecule has 4 aromatic rings. The summed E-state index contributed by atoms with van der Waals surface area (Å²) in [5.74, 6) is 2.59. The lowest BCUT2D eigenvalue weighted by Gasteiger charge is -2.12. The van der Waals surface area contributed by atoms with Crippen molar-refractivity contribution < 1.29 is 9.47 Å². The monoisotopic (exact) mass is 377 g/mol. The summed E-state index contributed by atoms with van der Waals surface area (Å²) < 4.78 is 14.7. The second kappa shape index (κ2) is 6.33. The van der Waals surface area contributed by atoms with E-state index >= 15 is 0 Å². The summed E-state index contributed by atoms with van der Waals surface area (Å²) in [7, 11) is 0. The summed E-state index contributed by atoms with van der Waals surface area (Å²) >= 11 is 0. The molecule has 28 heavy (non-hydrogen) atoms. The van der Waals surface area contributed by atoms with Crippen molar-refractivity contribution >= 4 is 16.7 Å². The van der Waals surface area contributed by atoms with E-state index in [0.717, 1.165) is 23.5 Å². The second-order valence-corrected chi connectivity index (χ2v) is 6.91. The number of pyridine rings is 1. The van der Waals surface area contributed by atoms with E-state index in [1.165, 1.54) is 0 Å². The minimum Gasteiger partial charge on any atom is -0.490 e. The third-order valence-electron chi connectivity index (χ3n) is 4.86. The largest absolute Gasteiger partial charge is 0.490 e. The minimum atomic E-state index is -0.107. The highest BCUT2D eigenvalue weighted by molar-refractivity contribution is 5.81. The topological polar surface area (TPSA) is 83.5 Å². The van der Waals surface area contributed by atoms with Crippen LogP contribution in [0.25, 0.3) is 16.7 Å². The van der Waals surface area contributed by atoms with Crippen molar-refractivity contribution in [3.63, 3.8) is 0 Å². The van der Waals surface area contributed by atoms with Crippen molar-refractivity contribution in [2.75, 3.05) is 13.2 Å². The van der Waals surface area contributed by atoms with E-state index in [0.29, 0.717) is 48.0 Å². The molecule has 0 saturated carbocycles. The Morgan fingerprint density at radius 2 is 1.89 bits per heavy atom. The van der Waals surface area contributed by atoms with Crippen molar-refractivity contribution in [3.05, 3.63) is 57.9 Å². The Hall–Kier alpha value is -3.42. The Kier molecular flexibility index (Phi) is 3.78. The molecular formula is C20H19N5O3. The molecule has 5 rings (SSSR count). The molecule has 0 N–H and O–H groups in total. The lowest BCUT2D eigenvalue weighted by molar-refractivity contribution is 0.297. The first kappa shape index (κ1) is 16.7. The van der Waals surface area contributed by atoms with Gasteiger partial charge in [-0.2, -0.15) is 9.50 Å². The summed E-state index contributed by atoms with van der Waals surface area (Å²) in [5, 5.41) is 4.91. The number of hydrogen-bond acceptors (Lipinski definition) is 6. The molecule has 1 aromatic carbocycles. The molecule has 8 nitrogen and oxygen atoms in total. The molecule has 1 aliphatic rings. The van der Waals surface area contributed by atoms with Crippen LogP contribution >= 0.6 is 0 Å². The molecule has 0 fully saturated rings. The van der Waals surface area contributed by atoms with Crippen molar-refractivity contribution in [1.29, 1.82) is 0 Å². The minimum absolute atomic E-state index is 0.107. The van der Waals surface area contributed by atoms with Gasteiger partial charge in [-0.05, 0) is 37.6 Å². The number of fused-ring (bicyclic) bond motifs is 4. The van der Waals surface area contributed by atoms with Crippen LogP contribution in [0.5, 0.6) is 11.5 Å². The first-order valence-electron chi connectivity index (χ1n) is 9.22. The molecule has 0 saturated heterocycles. The lowest BCUT2D eigenvalue weighted by atomic mass is 10.2. The number of aryl methyl sites for hydroxylation is 2. The highest BCUT2D eigenvalue weighted by atomic mass is 16.5. The molecule has 1 aliphatic heterocycles. The van der Waals surface area contributed by atoms with Crippen LogP contribution in [-0.2, 0) is 6.54 Å². The van der Waals surface area contributed by atoms with Crippen LogP contribution < -0.4 is 15.0 Å². The predicted octanol–water partition coefficient (Wildman–Crippen LogP) is 2.27. The van der Waals surface area contributed by atoms with E-state index < -0.39 is 0 Å². The zero-order valence-electron chi connectivity index (χ0n) is 15.7. The maximum absolute atomic E-state index is 13.2. The first-order chi connectivity index (χ1) is 13.6. The Balaban J connectivity index is 1.59. The maximum atomic E-state index is 13.2. The van der Waals surface area contributed by atoms with Crippen LogP contribution in [-0.4, -0.2) is 37.4 Å². The Morgan fingerprint density at radius 3 is 2.75 bits per heavy atom. The van der Waals surface area contributed by atoms with Crippen LogP contribution in [0.4, 0.5) is 0 Å². The van der Waals surface area contributed by atoms with Crippen molar-refractivity contribution in [2.24, 2.45) is 0 Å². The van der Waals surface area contributed by atoms with E-state index in [2.05, 4.69) is 15.1 Å². The van der Waals surface area contributed by atoms with Gasteiger partial charge in [0.25, 0.3) is 11.3 Å². The quantitative estimate of drug-likeness (QED) is 0.533. The van der Waals surface area contributed by atoms with Gasteiger partial charge in [0, 0.05) is 12.6 Å². The maximum Gasteiger partial charge on any atom is 0.262 e. The molecule has 0 radical (unpaired) electrons. The zero-order chi connectivity index (χ0) is 19.3. The Morgan fingerprint density at radius 1 is 1.07 bits per heavy atom. The van der Waals surface area contributed by atoms with Gasteiger partial charge in [-0.3, -0.25) is 4.79 Å². The van der Waals surface area contributed by atoms with Gasteiger partial charge in [0.05, 0.1) is 36.4 Å². The molecule has 0 atom stereocenters. The molecule has 4 heterocycles. The number of nitrogens with zero attached hydrogens (tertiary/aromatic N) is 5. The summed E-state index contributed by atoms with van der Waals surface area (Å²) in [6.07, 6.45) is 2.64. The molecule has 0 spiro atoms. The Bertz CT molecular complexity index is 1270. The van der Waals surface area contributed by atoms with Crippen molar-refractivity contribution in [1.82, 2.24) is 24.1 Å².